The highest BCUT2D eigenvalue weighted by molar-refractivity contribution is 6.00. The van der Waals surface area contributed by atoms with Gasteiger partial charge < -0.3 is 19.3 Å². The van der Waals surface area contributed by atoms with E-state index in [9.17, 15) is 43.5 Å². The Morgan fingerprint density at radius 1 is 0.478 bits per heavy atom. The van der Waals surface area contributed by atoms with Crippen molar-refractivity contribution in [3.63, 3.8) is 0 Å². The van der Waals surface area contributed by atoms with Crippen LogP contribution in [0.2, 0.25) is 0 Å². The Morgan fingerprint density at radius 2 is 0.783 bits per heavy atom. The second-order valence-corrected chi connectivity index (χ2v) is 19.8. The van der Waals surface area contributed by atoms with Gasteiger partial charge >= 0.3 is 23.9 Å². The van der Waals surface area contributed by atoms with Gasteiger partial charge in [0, 0.05) is 28.7 Å². The van der Waals surface area contributed by atoms with Gasteiger partial charge in [-0.05, 0) is 120 Å². The molecule has 2 aromatic rings. The van der Waals surface area contributed by atoms with Crippen molar-refractivity contribution in [2.24, 2.45) is 23.7 Å². The van der Waals surface area contributed by atoms with Crippen LogP contribution in [0.25, 0.3) is 0 Å². The van der Waals surface area contributed by atoms with E-state index in [1.54, 1.807) is 48.5 Å². The molecule has 5 N–H and O–H groups in total. The molecule has 2 rings (SSSR count). The van der Waals surface area contributed by atoms with Gasteiger partial charge in [-0.25, -0.2) is 41.1 Å². The van der Waals surface area contributed by atoms with Gasteiger partial charge in [0.25, 0.3) is 23.6 Å². The van der Waals surface area contributed by atoms with Gasteiger partial charge in [-0.2, -0.15) is 0 Å². The fourth-order valence-electron chi connectivity index (χ4n) is 6.07. The number of carbonyl (C=O) groups excluding carboxylic acids is 7. The van der Waals surface area contributed by atoms with E-state index in [1.807, 2.05) is 41.5 Å². The van der Waals surface area contributed by atoms with Gasteiger partial charge in [0.2, 0.25) is 0 Å². The topological polar surface area (TPSA) is 270 Å². The fraction of sp³-hybridized carbons (Fsp3) is 0.592. The average molecular weight is 973 g/mol. The van der Waals surface area contributed by atoms with E-state index >= 15 is 0 Å². The zero-order valence-corrected chi connectivity index (χ0v) is 42.1. The predicted molar refractivity (Wildman–Crippen MR) is 249 cm³/mol. The van der Waals surface area contributed by atoms with E-state index < -0.39 is 83.1 Å². The smallest absolute Gasteiger partial charge is 0.338 e. The van der Waals surface area contributed by atoms with E-state index in [4.69, 9.17) is 33.6 Å². The Hall–Kier alpha value is -5.96. The second-order valence-electron chi connectivity index (χ2n) is 19.8. The molecule has 0 saturated carbocycles. The third kappa shape index (κ3) is 22.8. The Balaban J connectivity index is 2.00. The minimum atomic E-state index is -1.27. The van der Waals surface area contributed by atoms with Crippen molar-refractivity contribution in [2.45, 2.75) is 158 Å². The third-order valence-electron chi connectivity index (χ3n) is 9.49. The molecule has 0 radical (unpaired) electrons. The summed E-state index contributed by atoms with van der Waals surface area (Å²) in [5.41, 5.74) is 6.95. The number of benzene rings is 2. The number of carboxylic acids is 1. The maximum Gasteiger partial charge on any atom is 0.338 e. The number of carboxylic acid groups (broad SMARTS) is 1. The number of hydrogen-bond donors (Lipinski definition) is 5. The Labute approximate surface area is 404 Å². The SMILES string of the molecule is CC(C)C[C@@H](ONC(=O)c1cccc(C(=O)NO[C@H](CC(C)C)C(=O)OCCC(C)(C)OC(=O)[C@@H](CC(C)C)ONC(=O)c2cccc(C(=O)NO[C@H](CC(C)C)C(=O)OC(C)(C)C)c2)c1)C(=O)O. The van der Waals surface area contributed by atoms with Crippen LogP contribution in [0.15, 0.2) is 48.5 Å². The summed E-state index contributed by atoms with van der Waals surface area (Å²) in [5, 5.41) is 9.38. The summed E-state index contributed by atoms with van der Waals surface area (Å²) < 4.78 is 16.7. The highest BCUT2D eigenvalue weighted by Crippen LogP contribution is 2.21. The standard InChI is InChI=1S/C49H72N4O16/c1-28(2)22-36(44(58)59)66-50-40(54)32-16-14-17-33(26-32)41(55)51-67-37(23-29(3)4)45(60)63-21-20-49(12,13)65-47(62)39(25-31(7)8)69-53-43(57)35-19-15-18-34(27-35)42(56)52-68-38(24-30(5)6)46(61)64-48(9,10)11/h14-19,26-31,36-39H,20-25H2,1-13H3,(H,50,54)(H,51,55)(H,52,56)(H,53,57)(H,58,59)/t36-,37-,38-,39-/m1/s1. The first kappa shape index (κ1) is 59.2. The normalized spacial score (nSPS) is 13.5. The Kier molecular flexibility index (Phi) is 23.9. The van der Waals surface area contributed by atoms with E-state index in [0.29, 0.717) is 0 Å². The molecule has 0 heterocycles. The molecule has 0 aromatic heterocycles. The van der Waals surface area contributed by atoms with Crippen LogP contribution in [0.5, 0.6) is 0 Å². The molecular formula is C49H72N4O16. The Bertz CT molecular complexity index is 2060. The van der Waals surface area contributed by atoms with Crippen molar-refractivity contribution in [3.05, 3.63) is 70.8 Å². The number of hydroxylamine groups is 4. The van der Waals surface area contributed by atoms with Gasteiger partial charge in [-0.1, -0.05) is 67.5 Å². The molecule has 4 amide bonds. The van der Waals surface area contributed by atoms with Gasteiger partial charge in [-0.15, -0.1) is 0 Å². The van der Waals surface area contributed by atoms with Gasteiger partial charge in [0.05, 0.1) is 6.61 Å². The van der Waals surface area contributed by atoms with E-state index in [0.717, 1.165) is 0 Å². The first-order chi connectivity index (χ1) is 32.1. The first-order valence-corrected chi connectivity index (χ1v) is 23.0. The number of ether oxygens (including phenoxy) is 3. The molecule has 20 nitrogen and oxygen atoms in total. The van der Waals surface area contributed by atoms with Crippen LogP contribution in [0.3, 0.4) is 0 Å². The minimum absolute atomic E-state index is 0.00399. The van der Waals surface area contributed by atoms with Crippen LogP contribution in [-0.4, -0.2) is 94.8 Å². The molecule has 384 valence electrons. The van der Waals surface area contributed by atoms with Gasteiger partial charge in [0.15, 0.2) is 24.4 Å². The van der Waals surface area contributed by atoms with Gasteiger partial charge in [-0.3, -0.25) is 38.5 Å². The molecule has 69 heavy (non-hydrogen) atoms. The van der Waals surface area contributed by atoms with E-state index in [1.165, 1.54) is 48.5 Å². The summed E-state index contributed by atoms with van der Waals surface area (Å²) in [4.78, 5) is 124. The second kappa shape index (κ2) is 27.9. The molecule has 4 atom stereocenters. The highest BCUT2D eigenvalue weighted by atomic mass is 16.7. The van der Waals surface area contributed by atoms with E-state index in [-0.39, 0.29) is 84.6 Å². The number of hydrogen-bond acceptors (Lipinski definition) is 15. The molecule has 0 spiro atoms. The third-order valence-corrected chi connectivity index (χ3v) is 9.49. The molecule has 0 bridgehead atoms. The summed E-state index contributed by atoms with van der Waals surface area (Å²) in [7, 11) is 0. The molecule has 0 saturated heterocycles. The molecule has 20 heteroatoms. The quantitative estimate of drug-likeness (QED) is 0.0352. The number of rotatable bonds is 28. The molecule has 0 fully saturated rings. The van der Waals surface area contributed by atoms with Crippen molar-refractivity contribution in [2.75, 3.05) is 6.61 Å². The number of aliphatic carboxylic acids is 1. The van der Waals surface area contributed by atoms with E-state index in [2.05, 4.69) is 21.9 Å². The summed E-state index contributed by atoms with van der Waals surface area (Å²) in [6, 6.07) is 11.1. The summed E-state index contributed by atoms with van der Waals surface area (Å²) in [6.45, 7) is 22.9. The summed E-state index contributed by atoms with van der Waals surface area (Å²) >= 11 is 0. The van der Waals surface area contributed by atoms with Crippen LogP contribution < -0.4 is 21.9 Å². The van der Waals surface area contributed by atoms with Crippen molar-refractivity contribution >= 4 is 47.5 Å². The van der Waals surface area contributed by atoms with Crippen LogP contribution in [0.1, 0.15) is 164 Å². The Morgan fingerprint density at radius 3 is 1.10 bits per heavy atom. The molecule has 0 unspecified atom stereocenters. The molecular weight excluding hydrogens is 901 g/mol. The molecule has 2 aromatic carbocycles. The monoisotopic (exact) mass is 972 g/mol. The summed E-state index contributed by atoms with van der Waals surface area (Å²) in [5.74, 6) is -6.68. The van der Waals surface area contributed by atoms with Crippen LogP contribution in [0.4, 0.5) is 0 Å². The maximum absolute atomic E-state index is 13.5. The lowest BCUT2D eigenvalue weighted by atomic mass is 10.0. The molecule has 0 aliphatic carbocycles. The lowest BCUT2D eigenvalue weighted by molar-refractivity contribution is -0.178. The predicted octanol–water partition coefficient (Wildman–Crippen LogP) is 6.37. The number of esters is 3. The van der Waals surface area contributed by atoms with Gasteiger partial charge in [0.1, 0.15) is 11.2 Å². The fourth-order valence-corrected chi connectivity index (χ4v) is 6.07. The molecule has 0 aliphatic rings. The average Bonchev–Trinajstić information content (AvgIpc) is 3.24. The largest absolute Gasteiger partial charge is 0.479 e. The summed E-state index contributed by atoms with van der Waals surface area (Å²) in [6.07, 6.45) is -4.08. The van der Waals surface area contributed by atoms with Crippen molar-refractivity contribution < 1.29 is 77.0 Å². The zero-order chi connectivity index (χ0) is 52.2. The lowest BCUT2D eigenvalue weighted by Gasteiger charge is -2.28. The van der Waals surface area contributed by atoms with Crippen molar-refractivity contribution in [3.8, 4) is 0 Å². The number of carbonyl (C=O) groups is 8. The van der Waals surface area contributed by atoms with Crippen LogP contribution >= 0.6 is 0 Å². The molecule has 0 aliphatic heterocycles. The number of nitrogens with one attached hydrogen (secondary N) is 4. The minimum Gasteiger partial charge on any atom is -0.479 e. The number of amides is 4. The van der Waals surface area contributed by atoms with Crippen LogP contribution in [-0.2, 0) is 52.7 Å². The highest BCUT2D eigenvalue weighted by Gasteiger charge is 2.33. The van der Waals surface area contributed by atoms with Crippen LogP contribution in [0, 0.1) is 23.7 Å². The van der Waals surface area contributed by atoms with Crippen molar-refractivity contribution in [1.29, 1.82) is 0 Å². The zero-order valence-electron chi connectivity index (χ0n) is 42.1. The maximum atomic E-state index is 13.5. The van der Waals surface area contributed by atoms with Crippen molar-refractivity contribution in [1.82, 2.24) is 21.9 Å². The lowest BCUT2D eigenvalue weighted by Crippen LogP contribution is -2.41. The first-order valence-electron chi connectivity index (χ1n) is 23.0.